The lowest BCUT2D eigenvalue weighted by atomic mass is 10.3. The van der Waals surface area contributed by atoms with Crippen molar-refractivity contribution in [2.45, 2.75) is 6.92 Å². The normalized spacial score (nSPS) is 10.7. The van der Waals surface area contributed by atoms with Crippen LogP contribution in [0.1, 0.15) is 5.69 Å². The second-order valence-electron chi connectivity index (χ2n) is 2.59. The van der Waals surface area contributed by atoms with Gasteiger partial charge in [0.05, 0.1) is 17.3 Å². The van der Waals surface area contributed by atoms with E-state index in [2.05, 4.69) is 26.1 Å². The van der Waals surface area contributed by atoms with Crippen molar-refractivity contribution < 1.29 is 9.26 Å². The third-order valence-corrected chi connectivity index (χ3v) is 2.35. The van der Waals surface area contributed by atoms with E-state index in [0.29, 0.717) is 11.5 Å². The second-order valence-corrected chi connectivity index (χ2v) is 3.44. The third-order valence-electron chi connectivity index (χ3n) is 1.78. The van der Waals surface area contributed by atoms with Gasteiger partial charge in [-0.3, -0.25) is 0 Å². The Morgan fingerprint density at radius 2 is 2.31 bits per heavy atom. The van der Waals surface area contributed by atoms with Crippen LogP contribution in [-0.4, -0.2) is 17.3 Å². The zero-order chi connectivity index (χ0) is 9.42. The van der Waals surface area contributed by atoms with Gasteiger partial charge >= 0.3 is 0 Å². The lowest BCUT2D eigenvalue weighted by Crippen LogP contribution is -1.88. The number of ether oxygens (including phenoxy) is 1. The predicted molar refractivity (Wildman–Crippen MR) is 50.8 cm³/mol. The molecule has 68 valence electrons. The molecule has 0 saturated carbocycles. The average molecular weight is 243 g/mol. The molecule has 0 spiro atoms. The number of aryl methyl sites for hydroxylation is 1. The zero-order valence-corrected chi connectivity index (χ0v) is 8.75. The summed E-state index contributed by atoms with van der Waals surface area (Å²) in [6.07, 6.45) is 1.63. The van der Waals surface area contributed by atoms with E-state index in [4.69, 9.17) is 9.26 Å². The van der Waals surface area contributed by atoms with E-state index in [9.17, 15) is 0 Å². The number of rotatable bonds is 1. The monoisotopic (exact) mass is 242 g/mol. The van der Waals surface area contributed by atoms with Gasteiger partial charge in [-0.2, -0.15) is 0 Å². The van der Waals surface area contributed by atoms with Crippen LogP contribution in [0.15, 0.2) is 15.2 Å². The topological polar surface area (TPSA) is 48.2 Å². The molecule has 2 aromatic rings. The Bertz CT molecular complexity index is 453. The van der Waals surface area contributed by atoms with Gasteiger partial charge in [0.2, 0.25) is 5.88 Å². The van der Waals surface area contributed by atoms with E-state index >= 15 is 0 Å². The Hall–Kier alpha value is -1.10. The fourth-order valence-electron chi connectivity index (χ4n) is 1.18. The van der Waals surface area contributed by atoms with Crippen LogP contribution in [-0.2, 0) is 0 Å². The molecule has 0 N–H and O–H groups in total. The smallest absolute Gasteiger partial charge is 0.226 e. The van der Waals surface area contributed by atoms with Crippen LogP contribution in [0.2, 0.25) is 0 Å². The van der Waals surface area contributed by atoms with Gasteiger partial charge in [0.15, 0.2) is 5.58 Å². The van der Waals surface area contributed by atoms with Crippen molar-refractivity contribution >= 4 is 26.9 Å². The summed E-state index contributed by atoms with van der Waals surface area (Å²) in [6, 6.07) is 0. The largest absolute Gasteiger partial charge is 0.480 e. The van der Waals surface area contributed by atoms with Crippen LogP contribution < -0.4 is 4.74 Å². The summed E-state index contributed by atoms with van der Waals surface area (Å²) in [7, 11) is 1.57. The van der Waals surface area contributed by atoms with E-state index in [-0.39, 0.29) is 0 Å². The molecule has 2 rings (SSSR count). The van der Waals surface area contributed by atoms with Crippen molar-refractivity contribution in [1.82, 2.24) is 10.1 Å². The zero-order valence-electron chi connectivity index (χ0n) is 7.17. The first kappa shape index (κ1) is 8.50. The van der Waals surface area contributed by atoms with E-state index < -0.39 is 0 Å². The molecule has 0 unspecified atom stereocenters. The van der Waals surface area contributed by atoms with E-state index in [0.717, 1.165) is 15.6 Å². The first-order valence-corrected chi connectivity index (χ1v) is 4.48. The Balaban J connectivity index is 2.88. The van der Waals surface area contributed by atoms with Gasteiger partial charge in [0, 0.05) is 6.20 Å². The lowest BCUT2D eigenvalue weighted by molar-refractivity contribution is 0.402. The van der Waals surface area contributed by atoms with Gasteiger partial charge in [-0.05, 0) is 22.9 Å². The van der Waals surface area contributed by atoms with E-state index in [1.54, 1.807) is 13.3 Å². The van der Waals surface area contributed by atoms with Crippen molar-refractivity contribution in [1.29, 1.82) is 0 Å². The van der Waals surface area contributed by atoms with Crippen molar-refractivity contribution in [3.05, 3.63) is 16.4 Å². The van der Waals surface area contributed by atoms with Gasteiger partial charge < -0.3 is 9.26 Å². The summed E-state index contributed by atoms with van der Waals surface area (Å²) in [4.78, 5) is 4.09. The number of methoxy groups -OCH3 is 1. The first-order chi connectivity index (χ1) is 6.24. The maximum Gasteiger partial charge on any atom is 0.226 e. The number of halogens is 1. The molecule has 13 heavy (non-hydrogen) atoms. The number of aromatic nitrogens is 2. The van der Waals surface area contributed by atoms with Crippen LogP contribution in [0.4, 0.5) is 0 Å². The van der Waals surface area contributed by atoms with Crippen LogP contribution in [0.5, 0.6) is 5.88 Å². The quantitative estimate of drug-likeness (QED) is 0.770. The van der Waals surface area contributed by atoms with Gasteiger partial charge in [-0.15, -0.1) is 0 Å². The summed E-state index contributed by atoms with van der Waals surface area (Å²) in [6.45, 7) is 1.85. The van der Waals surface area contributed by atoms with Crippen LogP contribution in [0.3, 0.4) is 0 Å². The fraction of sp³-hybridized carbons (Fsp3) is 0.250. The summed E-state index contributed by atoms with van der Waals surface area (Å²) >= 11 is 3.32. The number of nitrogens with zero attached hydrogens (tertiary/aromatic N) is 2. The highest BCUT2D eigenvalue weighted by atomic mass is 79.9. The van der Waals surface area contributed by atoms with Gasteiger partial charge in [-0.25, -0.2) is 4.98 Å². The van der Waals surface area contributed by atoms with Crippen molar-refractivity contribution in [2.75, 3.05) is 7.11 Å². The number of fused-ring (bicyclic) bond motifs is 1. The molecule has 0 aliphatic heterocycles. The fourth-order valence-corrected chi connectivity index (χ4v) is 1.55. The number of hydrogen-bond acceptors (Lipinski definition) is 4. The minimum Gasteiger partial charge on any atom is -0.480 e. The summed E-state index contributed by atoms with van der Waals surface area (Å²) in [5, 5.41) is 4.66. The Kier molecular flexibility index (Phi) is 1.95. The van der Waals surface area contributed by atoms with Gasteiger partial charge in [-0.1, -0.05) is 5.16 Å². The van der Waals surface area contributed by atoms with Crippen LogP contribution in [0, 0.1) is 6.92 Å². The Labute approximate surface area is 83.0 Å². The highest BCUT2D eigenvalue weighted by Gasteiger charge is 2.13. The highest BCUT2D eigenvalue weighted by molar-refractivity contribution is 9.10. The van der Waals surface area contributed by atoms with E-state index in [1.165, 1.54) is 0 Å². The molecule has 4 nitrogen and oxygen atoms in total. The first-order valence-electron chi connectivity index (χ1n) is 3.68. The second kappa shape index (κ2) is 2.99. The molecule has 0 aliphatic rings. The predicted octanol–water partition coefficient (Wildman–Crippen LogP) is 2.30. The average Bonchev–Trinajstić information content (AvgIpc) is 2.51. The standard InChI is InChI=1S/C8H7BrN2O2/c1-4-6-7(13-11-4)5(9)3-10-8(6)12-2/h3H,1-2H3. The molecule has 0 aliphatic carbocycles. The number of hydrogen-bond donors (Lipinski definition) is 0. The van der Waals surface area contributed by atoms with Gasteiger partial charge in [0.25, 0.3) is 0 Å². The number of pyridine rings is 1. The molecule has 5 heteroatoms. The maximum absolute atomic E-state index is 5.11. The lowest BCUT2D eigenvalue weighted by Gasteiger charge is -1.99. The Morgan fingerprint density at radius 1 is 1.54 bits per heavy atom. The molecular formula is C8H7BrN2O2. The summed E-state index contributed by atoms with van der Waals surface area (Å²) in [5.74, 6) is 0.539. The van der Waals surface area contributed by atoms with Crippen molar-refractivity contribution in [2.24, 2.45) is 0 Å². The Morgan fingerprint density at radius 3 is 3.00 bits per heavy atom. The van der Waals surface area contributed by atoms with Crippen LogP contribution in [0.25, 0.3) is 11.0 Å². The molecular weight excluding hydrogens is 236 g/mol. The van der Waals surface area contributed by atoms with Gasteiger partial charge in [0.1, 0.15) is 5.39 Å². The van der Waals surface area contributed by atoms with Crippen molar-refractivity contribution in [3.63, 3.8) is 0 Å². The SMILES string of the molecule is COc1ncc(Br)c2onc(C)c12. The minimum absolute atomic E-state index is 0.539. The molecule has 0 bridgehead atoms. The summed E-state index contributed by atoms with van der Waals surface area (Å²) < 4.78 is 11.0. The highest BCUT2D eigenvalue weighted by Crippen LogP contribution is 2.31. The van der Waals surface area contributed by atoms with Crippen LogP contribution >= 0.6 is 15.9 Å². The summed E-state index contributed by atoms with van der Waals surface area (Å²) in [5.41, 5.74) is 1.45. The molecule has 0 fully saturated rings. The molecule has 0 saturated heterocycles. The third kappa shape index (κ3) is 1.19. The molecule has 0 radical (unpaired) electrons. The molecule has 0 aromatic carbocycles. The maximum atomic E-state index is 5.11. The molecule has 0 atom stereocenters. The molecule has 2 aromatic heterocycles. The minimum atomic E-state index is 0.539. The molecule has 2 heterocycles. The molecule has 0 amide bonds. The van der Waals surface area contributed by atoms with E-state index in [1.807, 2.05) is 6.92 Å². The van der Waals surface area contributed by atoms with Crippen molar-refractivity contribution in [3.8, 4) is 5.88 Å².